The van der Waals surface area contributed by atoms with Crippen LogP contribution in [0.4, 0.5) is 11.4 Å². The first-order valence-corrected chi connectivity index (χ1v) is 11.7. The molecule has 2 aromatic carbocycles. The van der Waals surface area contributed by atoms with Crippen molar-refractivity contribution in [3.05, 3.63) is 60.3 Å². The third kappa shape index (κ3) is 4.12. The number of nitrogens with one attached hydrogen (secondary N) is 2. The van der Waals surface area contributed by atoms with E-state index in [0.717, 1.165) is 39.0 Å². The van der Waals surface area contributed by atoms with E-state index in [1.54, 1.807) is 7.11 Å². The minimum atomic E-state index is -0.122. The van der Waals surface area contributed by atoms with Crippen LogP contribution in [0, 0.1) is 0 Å². The molecule has 6 heteroatoms. The Labute approximate surface area is 189 Å². The third-order valence-corrected chi connectivity index (χ3v) is 6.97. The molecule has 1 aromatic heterocycles. The van der Waals surface area contributed by atoms with Gasteiger partial charge in [0.2, 0.25) is 0 Å². The molecule has 168 valence electrons. The Bertz CT molecular complexity index is 1070. The van der Waals surface area contributed by atoms with Crippen molar-refractivity contribution in [3.8, 4) is 0 Å². The molecule has 5 rings (SSSR count). The highest BCUT2D eigenvalue weighted by molar-refractivity contribution is 5.92. The Morgan fingerprint density at radius 1 is 1.09 bits per heavy atom. The summed E-state index contributed by atoms with van der Waals surface area (Å²) in [7, 11) is 1.66. The number of ether oxygens (including phenoxy) is 1. The van der Waals surface area contributed by atoms with Gasteiger partial charge in [-0.25, -0.2) is 0 Å². The van der Waals surface area contributed by atoms with E-state index in [-0.39, 0.29) is 17.9 Å². The fraction of sp³-hybridized carbons (Fsp3) is 0.423. The molecule has 0 aliphatic carbocycles. The van der Waals surface area contributed by atoms with E-state index >= 15 is 0 Å². The number of nitrogens with zero attached hydrogens (tertiary/aromatic N) is 2. The van der Waals surface area contributed by atoms with E-state index in [1.807, 2.05) is 6.20 Å². The number of anilines is 2. The summed E-state index contributed by atoms with van der Waals surface area (Å²) in [6, 6.07) is 17.1. The maximum atomic E-state index is 13.3. The third-order valence-electron chi connectivity index (χ3n) is 6.97. The summed E-state index contributed by atoms with van der Waals surface area (Å²) in [4.78, 5) is 21.5. The number of aromatic nitrogens is 1. The Kier molecular flexibility index (Phi) is 6.14. The van der Waals surface area contributed by atoms with Crippen LogP contribution in [0.15, 0.2) is 54.7 Å². The van der Waals surface area contributed by atoms with Crippen molar-refractivity contribution in [1.29, 1.82) is 0 Å². The molecular formula is C26H32N4O2. The lowest BCUT2D eigenvalue weighted by atomic mass is 9.89. The Balaban J connectivity index is 1.33. The van der Waals surface area contributed by atoms with Gasteiger partial charge in [-0.1, -0.05) is 24.3 Å². The summed E-state index contributed by atoms with van der Waals surface area (Å²) >= 11 is 0. The molecule has 6 nitrogen and oxygen atoms in total. The molecule has 0 radical (unpaired) electrons. The smallest absolute Gasteiger partial charge is 0.154 e. The number of carbonyl (C=O) groups excluding carboxylic acids is 1. The monoisotopic (exact) mass is 432 g/mol. The number of hydrogen-bond donors (Lipinski definition) is 2. The highest BCUT2D eigenvalue weighted by Crippen LogP contribution is 2.30. The highest BCUT2D eigenvalue weighted by atomic mass is 16.5. The number of fused-ring (bicyclic) bond motifs is 2. The van der Waals surface area contributed by atoms with Crippen LogP contribution in [-0.4, -0.2) is 67.6 Å². The Morgan fingerprint density at radius 2 is 1.94 bits per heavy atom. The van der Waals surface area contributed by atoms with E-state index in [1.165, 1.54) is 27.8 Å². The molecule has 1 fully saturated rings. The second-order valence-corrected chi connectivity index (χ2v) is 8.84. The van der Waals surface area contributed by atoms with Gasteiger partial charge in [-0.15, -0.1) is 0 Å². The van der Waals surface area contributed by atoms with Gasteiger partial charge < -0.3 is 19.9 Å². The molecule has 3 aromatic rings. The summed E-state index contributed by atoms with van der Waals surface area (Å²) in [5.41, 5.74) is 4.96. The minimum Gasteiger partial charge on any atom is -0.384 e. The van der Waals surface area contributed by atoms with Crippen LogP contribution in [0.2, 0.25) is 0 Å². The summed E-state index contributed by atoms with van der Waals surface area (Å²) in [5.74, 6) is 0.282. The van der Waals surface area contributed by atoms with Crippen molar-refractivity contribution in [2.45, 2.75) is 31.3 Å². The molecular weight excluding hydrogens is 400 g/mol. The summed E-state index contributed by atoms with van der Waals surface area (Å²) in [6.07, 6.45) is 4.45. The molecule has 0 bridgehead atoms. The molecule has 1 saturated heterocycles. The van der Waals surface area contributed by atoms with Gasteiger partial charge in [-0.3, -0.25) is 9.69 Å². The quantitative estimate of drug-likeness (QED) is 0.596. The number of rotatable bonds is 7. The predicted octanol–water partition coefficient (Wildman–Crippen LogP) is 3.69. The van der Waals surface area contributed by atoms with Crippen molar-refractivity contribution in [2.75, 3.05) is 50.1 Å². The van der Waals surface area contributed by atoms with E-state index < -0.39 is 0 Å². The number of methoxy groups -OCH3 is 1. The van der Waals surface area contributed by atoms with Crippen molar-refractivity contribution in [2.24, 2.45) is 0 Å². The first kappa shape index (κ1) is 21.0. The van der Waals surface area contributed by atoms with Crippen LogP contribution in [0.3, 0.4) is 0 Å². The van der Waals surface area contributed by atoms with Crippen LogP contribution in [0.5, 0.6) is 0 Å². The average Bonchev–Trinajstić information content (AvgIpc) is 3.32. The Hall–Kier alpha value is -2.83. The number of benzene rings is 2. The molecule has 2 unspecified atom stereocenters. The first-order chi connectivity index (χ1) is 15.7. The van der Waals surface area contributed by atoms with Crippen LogP contribution >= 0.6 is 0 Å². The van der Waals surface area contributed by atoms with Crippen LogP contribution < -0.4 is 10.2 Å². The standard InChI is InChI=1S/C26H32N4O2/c1-32-18-12-25(31)26(23-10-9-19-5-2-3-6-21(19)28-23)30-16-14-29(15-17-30)24-8-4-7-22-20(24)11-13-27-22/h2-8,11,13,23,26-28H,9-10,12,14-18H2,1H3. The second kappa shape index (κ2) is 9.35. The first-order valence-electron chi connectivity index (χ1n) is 11.7. The van der Waals surface area contributed by atoms with Crippen molar-refractivity contribution in [3.63, 3.8) is 0 Å². The second-order valence-electron chi connectivity index (χ2n) is 8.84. The van der Waals surface area contributed by atoms with Gasteiger partial charge in [0.05, 0.1) is 12.6 Å². The number of carbonyl (C=O) groups is 1. The Morgan fingerprint density at radius 3 is 2.78 bits per heavy atom. The van der Waals surface area contributed by atoms with Gasteiger partial charge in [0, 0.05) is 74.2 Å². The zero-order valence-electron chi connectivity index (χ0n) is 18.7. The van der Waals surface area contributed by atoms with Crippen LogP contribution in [-0.2, 0) is 16.0 Å². The summed E-state index contributed by atoms with van der Waals surface area (Å²) in [6.45, 7) is 4.07. The molecule has 2 aliphatic rings. The van der Waals surface area contributed by atoms with Crippen molar-refractivity contribution in [1.82, 2.24) is 9.88 Å². The molecule has 0 saturated carbocycles. The molecule has 3 heterocycles. The molecule has 2 N–H and O–H groups in total. The lowest BCUT2D eigenvalue weighted by Gasteiger charge is -2.44. The fourth-order valence-corrected chi connectivity index (χ4v) is 5.32. The fourth-order valence-electron chi connectivity index (χ4n) is 5.32. The molecule has 2 atom stereocenters. The highest BCUT2D eigenvalue weighted by Gasteiger charge is 2.36. The van der Waals surface area contributed by atoms with Crippen molar-refractivity contribution >= 4 is 28.1 Å². The molecule has 0 amide bonds. The average molecular weight is 433 g/mol. The summed E-state index contributed by atoms with van der Waals surface area (Å²) in [5, 5.41) is 4.96. The number of aryl methyl sites for hydroxylation is 1. The van der Waals surface area contributed by atoms with E-state index in [0.29, 0.717) is 13.0 Å². The van der Waals surface area contributed by atoms with Crippen LogP contribution in [0.1, 0.15) is 18.4 Å². The van der Waals surface area contributed by atoms with Gasteiger partial charge >= 0.3 is 0 Å². The number of para-hydroxylation sites is 1. The van der Waals surface area contributed by atoms with Gasteiger partial charge in [-0.05, 0) is 42.7 Å². The van der Waals surface area contributed by atoms with Gasteiger partial charge in [0.1, 0.15) is 0 Å². The predicted molar refractivity (Wildman–Crippen MR) is 130 cm³/mol. The topological polar surface area (TPSA) is 60.6 Å². The SMILES string of the molecule is COCCC(=O)C(C1CCc2ccccc2N1)N1CCN(c2cccc3[nH]ccc23)CC1. The normalized spacial score (nSPS) is 20.0. The lowest BCUT2D eigenvalue weighted by molar-refractivity contribution is -0.126. The summed E-state index contributed by atoms with van der Waals surface area (Å²) < 4.78 is 5.23. The number of aromatic amines is 1. The number of ketones is 1. The zero-order valence-corrected chi connectivity index (χ0v) is 18.7. The number of hydrogen-bond acceptors (Lipinski definition) is 5. The maximum absolute atomic E-state index is 13.3. The van der Waals surface area contributed by atoms with E-state index in [4.69, 9.17) is 4.74 Å². The van der Waals surface area contributed by atoms with Gasteiger partial charge in [0.15, 0.2) is 5.78 Å². The minimum absolute atomic E-state index is 0.122. The molecule has 2 aliphatic heterocycles. The number of Topliss-reactive ketones (excluding diaryl/α,β-unsaturated/α-hetero) is 1. The van der Waals surface area contributed by atoms with Gasteiger partial charge in [-0.2, -0.15) is 0 Å². The van der Waals surface area contributed by atoms with Gasteiger partial charge in [0.25, 0.3) is 0 Å². The zero-order chi connectivity index (χ0) is 21.9. The van der Waals surface area contributed by atoms with Crippen molar-refractivity contribution < 1.29 is 9.53 Å². The van der Waals surface area contributed by atoms with E-state index in [2.05, 4.69) is 68.6 Å². The van der Waals surface area contributed by atoms with Crippen LogP contribution in [0.25, 0.3) is 10.9 Å². The maximum Gasteiger partial charge on any atom is 0.154 e. The molecule has 0 spiro atoms. The number of H-pyrrole nitrogens is 1. The lowest BCUT2D eigenvalue weighted by Crippen LogP contribution is -2.59. The molecule has 32 heavy (non-hydrogen) atoms. The number of piperazine rings is 1. The van der Waals surface area contributed by atoms with E-state index in [9.17, 15) is 4.79 Å². The largest absolute Gasteiger partial charge is 0.384 e.